The van der Waals surface area contributed by atoms with E-state index in [9.17, 15) is 5.11 Å². The number of β-amino-alcohol motifs (C(OH)–C–C–N with tert-alkyl or cyclic N) is 1. The molecule has 0 amide bonds. The summed E-state index contributed by atoms with van der Waals surface area (Å²) in [6.07, 6.45) is 3.61. The van der Waals surface area contributed by atoms with E-state index in [-0.39, 0.29) is 6.10 Å². The van der Waals surface area contributed by atoms with Gasteiger partial charge >= 0.3 is 0 Å². The van der Waals surface area contributed by atoms with Gasteiger partial charge in [0.15, 0.2) is 5.16 Å². The minimum atomic E-state index is -0.241. The fourth-order valence-electron chi connectivity index (χ4n) is 1.96. The van der Waals surface area contributed by atoms with E-state index in [1.165, 1.54) is 11.8 Å². The molecule has 1 aromatic heterocycles. The van der Waals surface area contributed by atoms with Crippen molar-refractivity contribution < 1.29 is 5.11 Å². The lowest BCUT2D eigenvalue weighted by molar-refractivity contribution is 0.154. The van der Waals surface area contributed by atoms with E-state index in [0.29, 0.717) is 6.54 Å². The first-order chi connectivity index (χ1) is 8.22. The predicted molar refractivity (Wildman–Crippen MR) is 70.8 cm³/mol. The summed E-state index contributed by atoms with van der Waals surface area (Å²) in [5.74, 6) is 1.71. The molecule has 94 valence electrons. The molecule has 1 fully saturated rings. The van der Waals surface area contributed by atoms with Crippen molar-refractivity contribution in [3.05, 3.63) is 6.07 Å². The van der Waals surface area contributed by atoms with Crippen LogP contribution in [0.25, 0.3) is 0 Å². The minimum Gasteiger partial charge on any atom is -0.391 e. The third-order valence-corrected chi connectivity index (χ3v) is 3.40. The zero-order valence-electron chi connectivity index (χ0n) is 10.2. The topological polar surface area (TPSA) is 61.3 Å². The average molecular weight is 254 g/mol. The quantitative estimate of drug-likeness (QED) is 0.624. The highest BCUT2D eigenvalue weighted by Gasteiger charge is 2.19. The lowest BCUT2D eigenvalue weighted by Crippen LogP contribution is -2.38. The van der Waals surface area contributed by atoms with Gasteiger partial charge in [-0.25, -0.2) is 9.97 Å². The van der Waals surface area contributed by atoms with Crippen LogP contribution in [-0.4, -0.2) is 47.6 Å². The fourth-order valence-corrected chi connectivity index (χ4v) is 2.33. The molecule has 0 radical (unpaired) electrons. The number of anilines is 2. The van der Waals surface area contributed by atoms with Crippen LogP contribution >= 0.6 is 11.8 Å². The summed E-state index contributed by atoms with van der Waals surface area (Å²) in [4.78, 5) is 10.9. The molecule has 1 unspecified atom stereocenters. The molecule has 1 aliphatic heterocycles. The Kier molecular flexibility index (Phi) is 4.06. The lowest BCUT2D eigenvalue weighted by atomic mass is 10.1. The maximum absolute atomic E-state index is 9.69. The van der Waals surface area contributed by atoms with Gasteiger partial charge in [0.2, 0.25) is 0 Å². The lowest BCUT2D eigenvalue weighted by Gasteiger charge is -2.31. The van der Waals surface area contributed by atoms with E-state index in [1.54, 1.807) is 0 Å². The summed E-state index contributed by atoms with van der Waals surface area (Å²) >= 11 is 1.53. The number of nitrogens with one attached hydrogen (secondary N) is 1. The maximum atomic E-state index is 9.69. The number of thioether (sulfide) groups is 1. The van der Waals surface area contributed by atoms with Crippen LogP contribution in [-0.2, 0) is 0 Å². The maximum Gasteiger partial charge on any atom is 0.191 e. The molecule has 2 N–H and O–H groups in total. The fraction of sp³-hybridized carbons (Fsp3) is 0.636. The zero-order valence-corrected chi connectivity index (χ0v) is 11.0. The third kappa shape index (κ3) is 3.01. The summed E-state index contributed by atoms with van der Waals surface area (Å²) in [6.45, 7) is 1.61. The van der Waals surface area contributed by atoms with E-state index in [0.717, 1.165) is 36.2 Å². The van der Waals surface area contributed by atoms with Crippen molar-refractivity contribution >= 4 is 23.4 Å². The molecule has 0 bridgehead atoms. The van der Waals surface area contributed by atoms with E-state index >= 15 is 0 Å². The van der Waals surface area contributed by atoms with Gasteiger partial charge in [-0.1, -0.05) is 11.8 Å². The van der Waals surface area contributed by atoms with Crippen LogP contribution in [0, 0.1) is 0 Å². The number of hydrogen-bond donors (Lipinski definition) is 2. The molecule has 0 aromatic carbocycles. The number of hydrogen-bond acceptors (Lipinski definition) is 6. The summed E-state index contributed by atoms with van der Waals surface area (Å²) in [5.41, 5.74) is 0. The van der Waals surface area contributed by atoms with Crippen LogP contribution in [0.15, 0.2) is 11.2 Å². The van der Waals surface area contributed by atoms with Crippen LogP contribution in [0.4, 0.5) is 11.6 Å². The molecule has 1 aliphatic rings. The molecule has 1 atom stereocenters. The Hall–Kier alpha value is -1.01. The Bertz CT molecular complexity index is 365. The Balaban J connectivity index is 2.23. The second-order valence-corrected chi connectivity index (χ2v) is 4.86. The SMILES string of the molecule is CNc1cc(N2CCCC(O)C2)nc(SC)n1. The second kappa shape index (κ2) is 5.55. The van der Waals surface area contributed by atoms with Crippen LogP contribution in [0.1, 0.15) is 12.8 Å². The highest BCUT2D eigenvalue weighted by Crippen LogP contribution is 2.23. The van der Waals surface area contributed by atoms with Gasteiger partial charge in [-0.05, 0) is 19.1 Å². The number of rotatable bonds is 3. The van der Waals surface area contributed by atoms with Gasteiger partial charge in [-0.2, -0.15) is 0 Å². The van der Waals surface area contributed by atoms with Gasteiger partial charge in [-0.15, -0.1) is 0 Å². The third-order valence-electron chi connectivity index (χ3n) is 2.85. The van der Waals surface area contributed by atoms with Crippen LogP contribution in [0.2, 0.25) is 0 Å². The minimum absolute atomic E-state index is 0.241. The monoisotopic (exact) mass is 254 g/mol. The normalized spacial score (nSPS) is 20.4. The molecule has 2 heterocycles. The molecule has 0 aliphatic carbocycles. The first kappa shape index (κ1) is 12.4. The van der Waals surface area contributed by atoms with Gasteiger partial charge in [0.1, 0.15) is 11.6 Å². The van der Waals surface area contributed by atoms with Gasteiger partial charge < -0.3 is 15.3 Å². The first-order valence-corrected chi connectivity index (χ1v) is 6.99. The molecule has 5 nitrogen and oxygen atoms in total. The molecule has 1 saturated heterocycles. The van der Waals surface area contributed by atoms with Crippen LogP contribution < -0.4 is 10.2 Å². The molecule has 0 spiro atoms. The average Bonchev–Trinajstić information content (AvgIpc) is 2.38. The predicted octanol–water partition coefficient (Wildman–Crippen LogP) is 1.20. The highest BCUT2D eigenvalue weighted by molar-refractivity contribution is 7.98. The molecule has 2 rings (SSSR count). The number of aromatic nitrogens is 2. The van der Waals surface area contributed by atoms with Gasteiger partial charge in [0, 0.05) is 26.2 Å². The van der Waals surface area contributed by atoms with Gasteiger partial charge in [-0.3, -0.25) is 0 Å². The van der Waals surface area contributed by atoms with Crippen LogP contribution in [0.5, 0.6) is 0 Å². The summed E-state index contributed by atoms with van der Waals surface area (Å²) in [6, 6.07) is 1.93. The van der Waals surface area contributed by atoms with Crippen molar-refractivity contribution in [2.45, 2.75) is 24.1 Å². The molecule has 1 aromatic rings. The molecule has 6 heteroatoms. The van der Waals surface area contributed by atoms with Crippen LogP contribution in [0.3, 0.4) is 0 Å². The first-order valence-electron chi connectivity index (χ1n) is 5.76. The second-order valence-electron chi connectivity index (χ2n) is 4.09. The number of nitrogens with zero attached hydrogens (tertiary/aromatic N) is 3. The van der Waals surface area contributed by atoms with Crippen molar-refractivity contribution in [3.63, 3.8) is 0 Å². The Morgan fingerprint density at radius 3 is 3.00 bits per heavy atom. The van der Waals surface area contributed by atoms with E-state index < -0.39 is 0 Å². The number of piperidine rings is 1. The van der Waals surface area contributed by atoms with Crippen molar-refractivity contribution in [3.8, 4) is 0 Å². The number of aliphatic hydroxyl groups excluding tert-OH is 1. The molecule has 17 heavy (non-hydrogen) atoms. The van der Waals surface area contributed by atoms with E-state index in [1.807, 2.05) is 19.4 Å². The van der Waals surface area contributed by atoms with E-state index in [4.69, 9.17) is 0 Å². The molecule has 0 saturated carbocycles. The van der Waals surface area contributed by atoms with Gasteiger partial charge in [0.05, 0.1) is 6.10 Å². The van der Waals surface area contributed by atoms with Crippen molar-refractivity contribution in [2.75, 3.05) is 36.6 Å². The molecular weight excluding hydrogens is 236 g/mol. The summed E-state index contributed by atoms with van der Waals surface area (Å²) in [7, 11) is 1.85. The number of aliphatic hydroxyl groups is 1. The Morgan fingerprint density at radius 2 is 2.35 bits per heavy atom. The standard InChI is InChI=1S/C11H18N4OS/c1-12-9-6-10(14-11(13-9)17-2)15-5-3-4-8(16)7-15/h6,8,16H,3-5,7H2,1-2H3,(H,12,13,14). The summed E-state index contributed by atoms with van der Waals surface area (Å²) in [5, 5.41) is 13.5. The highest BCUT2D eigenvalue weighted by atomic mass is 32.2. The van der Waals surface area contributed by atoms with E-state index in [2.05, 4.69) is 20.2 Å². The van der Waals surface area contributed by atoms with Crippen molar-refractivity contribution in [1.82, 2.24) is 9.97 Å². The Labute approximate surface area is 106 Å². The summed E-state index contributed by atoms with van der Waals surface area (Å²) < 4.78 is 0. The van der Waals surface area contributed by atoms with Crippen molar-refractivity contribution in [1.29, 1.82) is 0 Å². The van der Waals surface area contributed by atoms with Crippen molar-refractivity contribution in [2.24, 2.45) is 0 Å². The smallest absolute Gasteiger partial charge is 0.191 e. The Morgan fingerprint density at radius 1 is 1.53 bits per heavy atom. The largest absolute Gasteiger partial charge is 0.391 e. The molecular formula is C11H18N4OS. The van der Waals surface area contributed by atoms with Gasteiger partial charge in [0.25, 0.3) is 0 Å². The zero-order chi connectivity index (χ0) is 12.3.